The third-order valence-electron chi connectivity index (χ3n) is 5.44. The molecule has 0 radical (unpaired) electrons. The summed E-state index contributed by atoms with van der Waals surface area (Å²) in [4.78, 5) is 0. The molecule has 2 N–H and O–H groups in total. The fraction of sp³-hybridized carbons (Fsp3) is 1.00. The minimum absolute atomic E-state index is 0.268. The molecule has 3 aliphatic rings. The van der Waals surface area contributed by atoms with E-state index in [1.807, 2.05) is 0 Å². The van der Waals surface area contributed by atoms with Gasteiger partial charge in [-0.1, -0.05) is 6.42 Å². The van der Waals surface area contributed by atoms with Gasteiger partial charge in [-0.2, -0.15) is 0 Å². The van der Waals surface area contributed by atoms with Gasteiger partial charge in [0, 0.05) is 6.04 Å². The first-order valence-electron chi connectivity index (χ1n) is 7.09. The van der Waals surface area contributed by atoms with E-state index in [-0.39, 0.29) is 6.04 Å². The largest absolute Gasteiger partial charge is 0.328 e. The van der Waals surface area contributed by atoms with E-state index in [9.17, 15) is 4.39 Å². The standard InChI is InChI=1S/C14H24FN/c15-14(5-3-13(16)4-6-14)9-12-8-10-1-2-11(12)7-10/h10-13H,1-9,16H2. The summed E-state index contributed by atoms with van der Waals surface area (Å²) < 4.78 is 14.7. The number of halogens is 1. The minimum Gasteiger partial charge on any atom is -0.328 e. The van der Waals surface area contributed by atoms with Crippen LogP contribution in [-0.2, 0) is 0 Å². The van der Waals surface area contributed by atoms with Crippen molar-refractivity contribution in [1.29, 1.82) is 0 Å². The highest BCUT2D eigenvalue weighted by Crippen LogP contribution is 2.52. The van der Waals surface area contributed by atoms with Crippen LogP contribution in [0.2, 0.25) is 0 Å². The zero-order valence-corrected chi connectivity index (χ0v) is 10.1. The predicted octanol–water partition coefficient (Wildman–Crippen LogP) is 3.42. The third kappa shape index (κ3) is 2.01. The first-order valence-corrected chi connectivity index (χ1v) is 7.09. The molecule has 0 aromatic heterocycles. The summed E-state index contributed by atoms with van der Waals surface area (Å²) >= 11 is 0. The number of hydrogen-bond acceptors (Lipinski definition) is 1. The summed E-state index contributed by atoms with van der Waals surface area (Å²) in [5, 5.41) is 0. The summed E-state index contributed by atoms with van der Waals surface area (Å²) in [6, 6.07) is 0.268. The highest BCUT2D eigenvalue weighted by Gasteiger charge is 2.44. The molecule has 16 heavy (non-hydrogen) atoms. The fourth-order valence-corrected chi connectivity index (χ4v) is 4.46. The lowest BCUT2D eigenvalue weighted by Gasteiger charge is -2.36. The average Bonchev–Trinajstić information content (AvgIpc) is 2.84. The van der Waals surface area contributed by atoms with E-state index >= 15 is 0 Å². The third-order valence-corrected chi connectivity index (χ3v) is 5.44. The van der Waals surface area contributed by atoms with Crippen molar-refractivity contribution in [3.63, 3.8) is 0 Å². The monoisotopic (exact) mass is 225 g/mol. The van der Waals surface area contributed by atoms with Crippen LogP contribution in [0.3, 0.4) is 0 Å². The van der Waals surface area contributed by atoms with Crippen LogP contribution in [0, 0.1) is 17.8 Å². The molecule has 0 aromatic rings. The predicted molar refractivity (Wildman–Crippen MR) is 63.8 cm³/mol. The molecule has 0 saturated heterocycles. The lowest BCUT2D eigenvalue weighted by Crippen LogP contribution is -2.37. The van der Waals surface area contributed by atoms with Crippen molar-refractivity contribution in [2.45, 2.75) is 69.5 Å². The molecule has 3 atom stereocenters. The van der Waals surface area contributed by atoms with Crippen LogP contribution in [-0.4, -0.2) is 11.7 Å². The van der Waals surface area contributed by atoms with Crippen molar-refractivity contribution in [1.82, 2.24) is 0 Å². The topological polar surface area (TPSA) is 26.0 Å². The normalized spacial score (nSPS) is 52.1. The van der Waals surface area contributed by atoms with Crippen molar-refractivity contribution in [3.8, 4) is 0 Å². The molecule has 3 fully saturated rings. The SMILES string of the molecule is NC1CCC(F)(CC2CC3CCC2C3)CC1. The van der Waals surface area contributed by atoms with Crippen LogP contribution in [0.1, 0.15) is 57.8 Å². The van der Waals surface area contributed by atoms with Gasteiger partial charge in [0.1, 0.15) is 5.67 Å². The van der Waals surface area contributed by atoms with Crippen LogP contribution in [0.25, 0.3) is 0 Å². The zero-order chi connectivity index (χ0) is 11.2. The second-order valence-corrected chi connectivity index (χ2v) is 6.63. The van der Waals surface area contributed by atoms with Crippen LogP contribution >= 0.6 is 0 Å². The molecule has 0 spiro atoms. The fourth-order valence-electron chi connectivity index (χ4n) is 4.46. The molecule has 0 aliphatic heterocycles. The molecule has 0 heterocycles. The van der Waals surface area contributed by atoms with Gasteiger partial charge >= 0.3 is 0 Å². The molecule has 2 bridgehead atoms. The number of hydrogen-bond donors (Lipinski definition) is 1. The molecule has 92 valence electrons. The van der Waals surface area contributed by atoms with Crippen LogP contribution in [0.5, 0.6) is 0 Å². The molecule has 0 amide bonds. The van der Waals surface area contributed by atoms with Gasteiger partial charge in [0.25, 0.3) is 0 Å². The summed E-state index contributed by atoms with van der Waals surface area (Å²) in [7, 11) is 0. The summed E-state index contributed by atoms with van der Waals surface area (Å²) in [6.07, 6.45) is 9.62. The van der Waals surface area contributed by atoms with Gasteiger partial charge in [0.05, 0.1) is 0 Å². The van der Waals surface area contributed by atoms with Gasteiger partial charge in [0.2, 0.25) is 0 Å². The Labute approximate surface area is 98.0 Å². The Bertz CT molecular complexity index is 257. The minimum atomic E-state index is -0.856. The molecule has 3 saturated carbocycles. The Balaban J connectivity index is 1.58. The van der Waals surface area contributed by atoms with Gasteiger partial charge in [-0.05, 0) is 69.1 Å². The average molecular weight is 225 g/mol. The number of alkyl halides is 1. The van der Waals surface area contributed by atoms with E-state index in [0.717, 1.165) is 43.9 Å². The Morgan fingerprint density at radius 2 is 1.81 bits per heavy atom. The van der Waals surface area contributed by atoms with Gasteiger partial charge in [-0.3, -0.25) is 0 Å². The molecule has 2 heteroatoms. The number of nitrogens with two attached hydrogens (primary N) is 1. The first kappa shape index (κ1) is 11.0. The second-order valence-electron chi connectivity index (χ2n) is 6.63. The molecular formula is C14H24FN. The van der Waals surface area contributed by atoms with Gasteiger partial charge < -0.3 is 5.73 Å². The smallest absolute Gasteiger partial charge is 0.111 e. The maximum Gasteiger partial charge on any atom is 0.111 e. The highest BCUT2D eigenvalue weighted by atomic mass is 19.1. The zero-order valence-electron chi connectivity index (χ0n) is 10.1. The van der Waals surface area contributed by atoms with Crippen molar-refractivity contribution >= 4 is 0 Å². The molecule has 3 rings (SSSR count). The highest BCUT2D eigenvalue weighted by molar-refractivity contribution is 4.96. The Hall–Kier alpha value is -0.110. The molecule has 0 aromatic carbocycles. The van der Waals surface area contributed by atoms with E-state index in [2.05, 4.69) is 0 Å². The van der Waals surface area contributed by atoms with Crippen molar-refractivity contribution in [2.75, 3.05) is 0 Å². The van der Waals surface area contributed by atoms with E-state index in [0.29, 0.717) is 5.92 Å². The summed E-state index contributed by atoms with van der Waals surface area (Å²) in [5.41, 5.74) is 5.00. The number of fused-ring (bicyclic) bond motifs is 2. The van der Waals surface area contributed by atoms with Crippen LogP contribution in [0.4, 0.5) is 4.39 Å². The van der Waals surface area contributed by atoms with Crippen molar-refractivity contribution in [3.05, 3.63) is 0 Å². The summed E-state index contributed by atoms with van der Waals surface area (Å²) in [6.45, 7) is 0. The van der Waals surface area contributed by atoms with Crippen molar-refractivity contribution in [2.24, 2.45) is 23.5 Å². The van der Waals surface area contributed by atoms with Gasteiger partial charge in [0.15, 0.2) is 0 Å². The Kier molecular flexibility index (Phi) is 2.73. The lowest BCUT2D eigenvalue weighted by atomic mass is 9.74. The van der Waals surface area contributed by atoms with Crippen LogP contribution in [0.15, 0.2) is 0 Å². The molecule has 3 unspecified atom stereocenters. The van der Waals surface area contributed by atoms with Crippen molar-refractivity contribution < 1.29 is 4.39 Å². The van der Waals surface area contributed by atoms with E-state index in [1.54, 1.807) is 0 Å². The molecular weight excluding hydrogens is 201 g/mol. The molecule has 3 aliphatic carbocycles. The van der Waals surface area contributed by atoms with E-state index in [4.69, 9.17) is 5.73 Å². The van der Waals surface area contributed by atoms with Gasteiger partial charge in [-0.15, -0.1) is 0 Å². The quantitative estimate of drug-likeness (QED) is 0.765. The maximum absolute atomic E-state index is 14.7. The number of rotatable bonds is 2. The lowest BCUT2D eigenvalue weighted by molar-refractivity contribution is 0.0574. The Morgan fingerprint density at radius 3 is 2.38 bits per heavy atom. The Morgan fingerprint density at radius 1 is 1.06 bits per heavy atom. The molecule has 1 nitrogen and oxygen atoms in total. The first-order chi connectivity index (χ1) is 7.65. The van der Waals surface area contributed by atoms with Gasteiger partial charge in [-0.25, -0.2) is 4.39 Å². The van der Waals surface area contributed by atoms with Crippen LogP contribution < -0.4 is 5.73 Å². The van der Waals surface area contributed by atoms with E-state index in [1.165, 1.54) is 25.7 Å². The van der Waals surface area contributed by atoms with E-state index < -0.39 is 5.67 Å². The maximum atomic E-state index is 14.7. The summed E-state index contributed by atoms with van der Waals surface area (Å²) in [5.74, 6) is 2.52. The second kappa shape index (κ2) is 3.97.